The summed E-state index contributed by atoms with van der Waals surface area (Å²) in [6, 6.07) is 0. The third kappa shape index (κ3) is 12.4. The zero-order valence-corrected chi connectivity index (χ0v) is 41.8. The van der Waals surface area contributed by atoms with Crippen LogP contribution in [0.1, 0.15) is 99.3 Å². The molecule has 5 rings (SSSR count). The molecule has 0 radical (unpaired) electrons. The van der Waals surface area contributed by atoms with Gasteiger partial charge in [-0.2, -0.15) is 0 Å². The molecule has 302 valence electrons. The number of aliphatic hydroxyl groups excluding tert-OH is 2. The van der Waals surface area contributed by atoms with E-state index in [1.165, 1.54) is 12.5 Å². The number of aliphatic hydroxyl groups is 2. The van der Waals surface area contributed by atoms with Gasteiger partial charge in [0.2, 0.25) is 31.2 Å². The summed E-state index contributed by atoms with van der Waals surface area (Å²) in [7, 11) is -15.1. The largest absolute Gasteiger partial charge is 1.00 e. The summed E-state index contributed by atoms with van der Waals surface area (Å²) in [5, 5.41) is 21.8. The summed E-state index contributed by atoms with van der Waals surface area (Å²) in [6.07, 6.45) is -2.83. The van der Waals surface area contributed by atoms with Crippen molar-refractivity contribution in [3.8, 4) is 0 Å². The molecule has 1 unspecified atom stereocenters. The van der Waals surface area contributed by atoms with Gasteiger partial charge in [0.15, 0.2) is 6.29 Å². The normalized spacial score (nSPS) is 40.2. The summed E-state index contributed by atoms with van der Waals surface area (Å²) in [5.41, 5.74) is 0.582. The minimum absolute atomic E-state index is 0. The quantitative estimate of drug-likeness (QED) is 0.0755. The maximum Gasteiger partial charge on any atom is 1.00 e. The molecule has 0 bridgehead atoms. The number of ether oxygens (including phenoxy) is 2. The molecule has 3 saturated carbocycles. The average Bonchev–Trinajstić information content (AvgIpc) is 3.36. The predicted octanol–water partition coefficient (Wildman–Crippen LogP) is -6.35. The standard InChI is InChI=1S/C33H56O16S3.3Na/c1-17(2)26(48-51(39,40)41)10-7-18(3)22-8-9-23-21-16-27(46-31-29(35)28(34)30(19(4)45-31)49-52(42,43)44)25-15-20(47-50(36,37)38)11-13-33(25,6)24(21)12-14-32(22,23)5;;;/h12,17-23,25-31,34-35H,7-11,13-16H2,1-6H3,(H,36,37,38)(H,39,40,41)(H,42,43,44);;;/q;3*+1/p-3/t18-,19-,20+,21+,22-,23+,25?,26+,27+,28-,29-,30-,31+,32-,33-;;;/m1.../s1. The van der Waals surface area contributed by atoms with E-state index in [9.17, 15) is 49.1 Å². The van der Waals surface area contributed by atoms with Gasteiger partial charge in [-0.05, 0) is 111 Å². The van der Waals surface area contributed by atoms with Crippen LogP contribution in [-0.4, -0.2) is 98.1 Å². The Labute approximate surface area is 393 Å². The Bertz CT molecular complexity index is 1670. The van der Waals surface area contributed by atoms with Gasteiger partial charge in [-0.1, -0.05) is 46.3 Å². The van der Waals surface area contributed by atoms with Gasteiger partial charge in [0.1, 0.15) is 18.3 Å². The van der Waals surface area contributed by atoms with Crippen molar-refractivity contribution in [2.45, 2.75) is 148 Å². The number of hydrogen-bond donors (Lipinski definition) is 2. The molecular weight excluding hydrogens is 818 g/mol. The van der Waals surface area contributed by atoms with Gasteiger partial charge >= 0.3 is 88.7 Å². The molecule has 4 aliphatic carbocycles. The summed E-state index contributed by atoms with van der Waals surface area (Å²) in [4.78, 5) is 0. The molecule has 1 heterocycles. The number of rotatable bonds is 13. The smallest absolute Gasteiger partial charge is 0.726 e. The van der Waals surface area contributed by atoms with Gasteiger partial charge in [0.25, 0.3) is 0 Å². The molecule has 1 saturated heterocycles. The maximum atomic E-state index is 11.6. The van der Waals surface area contributed by atoms with E-state index in [1.54, 1.807) is 0 Å². The third-order valence-electron chi connectivity index (χ3n) is 13.2. The summed E-state index contributed by atoms with van der Waals surface area (Å²) >= 11 is 0. The SMILES string of the molecule is CC(C)[C@H](CC[C@@H](C)[C@H]1CC[C@H]2[C@@H]3C[C@H](O[C@@H]4O[C@H](C)[C@@H](OS(=O)(=O)[O-])[C@H](O)[C@H]4O)C4C[C@@H](OS(=O)(=O)[O-])CC[C@]4(C)C3=CC[C@]12C)OS(=O)(=O)[O-].[Na+].[Na+].[Na+]. The molecule has 0 spiro atoms. The molecule has 0 amide bonds. The van der Waals surface area contributed by atoms with Crippen LogP contribution in [0, 0.1) is 46.3 Å². The fraction of sp³-hybridized carbons (Fsp3) is 0.939. The van der Waals surface area contributed by atoms with Crippen LogP contribution in [0.25, 0.3) is 0 Å². The van der Waals surface area contributed by atoms with Crippen molar-refractivity contribution in [2.75, 3.05) is 0 Å². The molecule has 16 nitrogen and oxygen atoms in total. The fourth-order valence-corrected chi connectivity index (χ4v) is 12.4. The Kier molecular flexibility index (Phi) is 19.5. The average molecular weight is 871 g/mol. The van der Waals surface area contributed by atoms with E-state index in [0.717, 1.165) is 19.3 Å². The van der Waals surface area contributed by atoms with Crippen LogP contribution in [0.15, 0.2) is 11.6 Å². The summed E-state index contributed by atoms with van der Waals surface area (Å²) in [6.45, 7) is 11.5. The van der Waals surface area contributed by atoms with Crippen LogP contribution in [0.5, 0.6) is 0 Å². The molecule has 0 aromatic heterocycles. The van der Waals surface area contributed by atoms with E-state index in [0.29, 0.717) is 32.1 Å². The Morgan fingerprint density at radius 1 is 0.855 bits per heavy atom. The van der Waals surface area contributed by atoms with E-state index in [-0.39, 0.29) is 136 Å². The first-order valence-electron chi connectivity index (χ1n) is 18.1. The van der Waals surface area contributed by atoms with Crippen LogP contribution in [0.4, 0.5) is 0 Å². The van der Waals surface area contributed by atoms with Crippen LogP contribution < -0.4 is 88.7 Å². The second-order valence-corrected chi connectivity index (χ2v) is 19.6. The predicted molar refractivity (Wildman–Crippen MR) is 179 cm³/mol. The molecule has 55 heavy (non-hydrogen) atoms. The van der Waals surface area contributed by atoms with Crippen LogP contribution in [0.2, 0.25) is 0 Å². The number of hydrogen-bond acceptors (Lipinski definition) is 16. The first kappa shape index (κ1) is 53.3. The topological polar surface area (TPSA) is 258 Å². The molecule has 5 aliphatic rings. The summed E-state index contributed by atoms with van der Waals surface area (Å²) < 4.78 is 129. The third-order valence-corrected chi connectivity index (χ3v) is 14.6. The van der Waals surface area contributed by atoms with Crippen molar-refractivity contribution in [2.24, 2.45) is 46.3 Å². The van der Waals surface area contributed by atoms with Gasteiger partial charge in [-0.25, -0.2) is 25.3 Å². The monoisotopic (exact) mass is 870 g/mol. The molecule has 0 aromatic rings. The molecule has 0 aromatic carbocycles. The van der Waals surface area contributed by atoms with Gasteiger partial charge in [-0.15, -0.1) is 0 Å². The van der Waals surface area contributed by atoms with Crippen molar-refractivity contribution < 1.29 is 160 Å². The van der Waals surface area contributed by atoms with E-state index >= 15 is 0 Å². The van der Waals surface area contributed by atoms with Crippen molar-refractivity contribution in [1.29, 1.82) is 0 Å². The van der Waals surface area contributed by atoms with Gasteiger partial charge in [0, 0.05) is 0 Å². The molecule has 15 atom stereocenters. The molecule has 4 fully saturated rings. The van der Waals surface area contributed by atoms with Crippen molar-refractivity contribution in [3.63, 3.8) is 0 Å². The van der Waals surface area contributed by atoms with Crippen molar-refractivity contribution in [3.05, 3.63) is 11.6 Å². The Hall–Kier alpha value is 2.19. The van der Waals surface area contributed by atoms with E-state index < -0.39 is 85.6 Å². The minimum atomic E-state index is -5.24. The number of allylic oxidation sites excluding steroid dienone is 2. The Balaban J connectivity index is 0.00000348. The van der Waals surface area contributed by atoms with E-state index in [1.807, 2.05) is 13.8 Å². The van der Waals surface area contributed by atoms with Crippen molar-refractivity contribution in [1.82, 2.24) is 0 Å². The number of fused-ring (bicyclic) bond motifs is 5. The van der Waals surface area contributed by atoms with Gasteiger partial charge in [0.05, 0.1) is 24.4 Å². The van der Waals surface area contributed by atoms with Crippen LogP contribution in [0.3, 0.4) is 0 Å². The van der Waals surface area contributed by atoms with Gasteiger partial charge in [-0.3, -0.25) is 12.5 Å². The second-order valence-electron chi connectivity index (χ2n) is 16.6. The Morgan fingerprint density at radius 2 is 1.47 bits per heavy atom. The summed E-state index contributed by atoms with van der Waals surface area (Å²) in [5.74, 6) is 0.133. The maximum absolute atomic E-state index is 11.6. The van der Waals surface area contributed by atoms with E-state index in [2.05, 4.69) is 31.0 Å². The molecule has 2 N–H and O–H groups in total. The van der Waals surface area contributed by atoms with Crippen LogP contribution >= 0.6 is 0 Å². The Morgan fingerprint density at radius 3 is 2.04 bits per heavy atom. The molecular formula is C33H53Na3O16S3. The zero-order chi connectivity index (χ0) is 38.8. The first-order valence-corrected chi connectivity index (χ1v) is 22.1. The second kappa shape index (κ2) is 20.1. The van der Waals surface area contributed by atoms with E-state index in [4.69, 9.17) is 17.8 Å². The van der Waals surface area contributed by atoms with Crippen molar-refractivity contribution >= 4 is 31.2 Å². The fourth-order valence-electron chi connectivity index (χ4n) is 10.7. The van der Waals surface area contributed by atoms with Crippen LogP contribution in [-0.2, 0) is 53.2 Å². The molecule has 1 aliphatic heterocycles. The minimum Gasteiger partial charge on any atom is -0.726 e. The molecule has 22 heteroatoms. The zero-order valence-electron chi connectivity index (χ0n) is 33.4. The first-order chi connectivity index (χ1) is 23.8. The van der Waals surface area contributed by atoms with Gasteiger partial charge < -0.3 is 33.3 Å².